The molecule has 0 unspecified atom stereocenters. The molecule has 3 heterocycles. The number of hydrogen-bond acceptors (Lipinski definition) is 4. The minimum atomic E-state index is -0.338. The highest BCUT2D eigenvalue weighted by Crippen LogP contribution is 2.34. The molecule has 0 bridgehead atoms. The Labute approximate surface area is 153 Å². The number of non-ortho nitro benzene ring substituents is 1. The second-order valence-electron chi connectivity index (χ2n) is 6.63. The summed E-state index contributed by atoms with van der Waals surface area (Å²) in [4.78, 5) is 11.3. The van der Waals surface area contributed by atoms with Crippen LogP contribution in [0.5, 0.6) is 0 Å². The third-order valence-electron chi connectivity index (χ3n) is 4.83. The van der Waals surface area contributed by atoms with Gasteiger partial charge in [-0.1, -0.05) is 35.5 Å². The lowest BCUT2D eigenvalue weighted by atomic mass is 10.1. The molecule has 0 amide bonds. The van der Waals surface area contributed by atoms with Crippen molar-refractivity contribution in [2.75, 3.05) is 0 Å². The fraction of sp³-hybridized carbons (Fsp3) is 0.100. The highest BCUT2D eigenvalue weighted by molar-refractivity contribution is 6.11. The van der Waals surface area contributed by atoms with E-state index in [1.54, 1.807) is 6.07 Å². The number of hydrogen-bond donors (Lipinski definition) is 0. The fourth-order valence-corrected chi connectivity index (χ4v) is 3.72. The lowest BCUT2D eigenvalue weighted by molar-refractivity contribution is -0.383. The molecule has 0 aliphatic rings. The molecule has 0 aliphatic carbocycles. The summed E-state index contributed by atoms with van der Waals surface area (Å²) in [5.74, 6) is 0. The predicted molar refractivity (Wildman–Crippen MR) is 103 cm³/mol. The zero-order valence-corrected chi connectivity index (χ0v) is 14.5. The summed E-state index contributed by atoms with van der Waals surface area (Å²) in [7, 11) is 0. The van der Waals surface area contributed by atoms with Crippen molar-refractivity contribution >= 4 is 33.1 Å². The van der Waals surface area contributed by atoms with Crippen molar-refractivity contribution in [3.8, 4) is 0 Å². The Kier molecular flexibility index (Phi) is 3.24. The second-order valence-corrected chi connectivity index (χ2v) is 6.63. The molecule has 0 radical (unpaired) electrons. The van der Waals surface area contributed by atoms with E-state index in [1.807, 2.05) is 70.7 Å². The van der Waals surface area contributed by atoms with E-state index in [0.29, 0.717) is 17.6 Å². The maximum absolute atomic E-state index is 11.7. The Balaban J connectivity index is 1.90. The molecule has 5 aromatic rings. The van der Waals surface area contributed by atoms with Gasteiger partial charge in [0.05, 0.1) is 17.0 Å². The van der Waals surface area contributed by atoms with Gasteiger partial charge in [-0.2, -0.15) is 0 Å². The van der Waals surface area contributed by atoms with Crippen molar-refractivity contribution in [1.29, 1.82) is 0 Å². The summed E-state index contributed by atoms with van der Waals surface area (Å²) < 4.78 is 3.72. The van der Waals surface area contributed by atoms with Crippen LogP contribution < -0.4 is 0 Å². The average Bonchev–Trinajstić information content (AvgIpc) is 3.29. The van der Waals surface area contributed by atoms with Crippen LogP contribution in [0, 0.1) is 17.0 Å². The molecule has 0 N–H and O–H groups in total. The van der Waals surface area contributed by atoms with Crippen molar-refractivity contribution in [3.05, 3.63) is 82.0 Å². The Morgan fingerprint density at radius 2 is 1.89 bits per heavy atom. The maximum atomic E-state index is 11.7. The van der Waals surface area contributed by atoms with Crippen molar-refractivity contribution < 1.29 is 4.92 Å². The molecule has 0 atom stereocenters. The first-order chi connectivity index (χ1) is 13.1. The first kappa shape index (κ1) is 15.5. The van der Waals surface area contributed by atoms with Crippen molar-refractivity contribution in [2.45, 2.75) is 13.5 Å². The van der Waals surface area contributed by atoms with Gasteiger partial charge in [0.2, 0.25) is 0 Å². The van der Waals surface area contributed by atoms with Gasteiger partial charge in [-0.3, -0.25) is 10.1 Å². The Morgan fingerprint density at radius 3 is 2.67 bits per heavy atom. The van der Waals surface area contributed by atoms with E-state index in [1.165, 1.54) is 0 Å². The molecule has 0 spiro atoms. The number of aromatic nitrogens is 4. The summed E-state index contributed by atoms with van der Waals surface area (Å²) in [6.07, 6.45) is 1.85. The van der Waals surface area contributed by atoms with Crippen LogP contribution >= 0.6 is 0 Å². The van der Waals surface area contributed by atoms with Crippen LogP contribution in [-0.4, -0.2) is 24.3 Å². The zero-order chi connectivity index (χ0) is 18.5. The van der Waals surface area contributed by atoms with Gasteiger partial charge in [0.1, 0.15) is 16.6 Å². The molecule has 7 heteroatoms. The number of nitrogens with zero attached hydrogens (tertiary/aromatic N) is 5. The number of nitro groups is 1. The smallest absolute Gasteiger partial charge is 0.294 e. The molecule has 3 aromatic heterocycles. The average molecular weight is 357 g/mol. The highest BCUT2D eigenvalue weighted by Gasteiger charge is 2.22. The zero-order valence-electron chi connectivity index (χ0n) is 14.5. The van der Waals surface area contributed by atoms with E-state index in [2.05, 4.69) is 10.3 Å². The standard InChI is InChI=1S/C20H15N5O2/c1-13-10-15-18-20(24(22-21-18)12-14-6-3-2-4-7-14)16-8-5-9-23(16)19(15)17(11-13)25(26)27/h2-11H,12H2,1H3. The topological polar surface area (TPSA) is 78.3 Å². The number of nitro benzene ring substituents is 1. The Bertz CT molecular complexity index is 1330. The van der Waals surface area contributed by atoms with Gasteiger partial charge in [0.15, 0.2) is 0 Å². The minimum Gasteiger partial charge on any atom is -0.309 e. The van der Waals surface area contributed by atoms with E-state index < -0.39 is 0 Å². The van der Waals surface area contributed by atoms with Crippen LogP contribution in [0.1, 0.15) is 11.1 Å². The second kappa shape index (κ2) is 5.63. The molecular weight excluding hydrogens is 342 g/mol. The van der Waals surface area contributed by atoms with E-state index >= 15 is 0 Å². The number of fused-ring (bicyclic) bond motifs is 6. The van der Waals surface area contributed by atoms with E-state index in [4.69, 9.17) is 0 Å². The molecular formula is C20H15N5O2. The molecule has 0 fully saturated rings. The number of pyridine rings is 1. The maximum Gasteiger partial charge on any atom is 0.294 e. The monoisotopic (exact) mass is 357 g/mol. The van der Waals surface area contributed by atoms with Gasteiger partial charge in [-0.25, -0.2) is 4.68 Å². The highest BCUT2D eigenvalue weighted by atomic mass is 16.6. The molecule has 0 aliphatic heterocycles. The largest absolute Gasteiger partial charge is 0.309 e. The van der Waals surface area contributed by atoms with Crippen molar-refractivity contribution in [1.82, 2.24) is 19.4 Å². The lowest BCUT2D eigenvalue weighted by Crippen LogP contribution is -2.03. The summed E-state index contributed by atoms with van der Waals surface area (Å²) in [5, 5.41) is 21.2. The van der Waals surface area contributed by atoms with Gasteiger partial charge >= 0.3 is 0 Å². The number of aryl methyl sites for hydroxylation is 1. The van der Waals surface area contributed by atoms with Gasteiger partial charge in [0, 0.05) is 17.6 Å². The molecule has 132 valence electrons. The van der Waals surface area contributed by atoms with Crippen molar-refractivity contribution in [2.24, 2.45) is 0 Å². The third-order valence-corrected chi connectivity index (χ3v) is 4.83. The third kappa shape index (κ3) is 2.28. The van der Waals surface area contributed by atoms with E-state index in [9.17, 15) is 10.1 Å². The van der Waals surface area contributed by atoms with Crippen LogP contribution in [-0.2, 0) is 6.54 Å². The van der Waals surface area contributed by atoms with Crippen LogP contribution in [0.15, 0.2) is 60.8 Å². The number of rotatable bonds is 3. The predicted octanol–water partition coefficient (Wildman–Crippen LogP) is 4.10. The summed E-state index contributed by atoms with van der Waals surface area (Å²) in [6.45, 7) is 2.43. The van der Waals surface area contributed by atoms with Gasteiger partial charge < -0.3 is 4.40 Å². The molecule has 5 rings (SSSR count). The minimum absolute atomic E-state index is 0.0747. The normalized spacial score (nSPS) is 11.6. The molecule has 2 aromatic carbocycles. The van der Waals surface area contributed by atoms with Crippen LogP contribution in [0.3, 0.4) is 0 Å². The molecule has 27 heavy (non-hydrogen) atoms. The summed E-state index contributed by atoms with van der Waals surface area (Å²) >= 11 is 0. The lowest BCUT2D eigenvalue weighted by Gasteiger charge is -2.09. The summed E-state index contributed by atoms with van der Waals surface area (Å²) in [6, 6.07) is 17.4. The first-order valence-electron chi connectivity index (χ1n) is 8.58. The van der Waals surface area contributed by atoms with Gasteiger partial charge in [-0.15, -0.1) is 5.10 Å². The van der Waals surface area contributed by atoms with E-state index in [0.717, 1.165) is 27.5 Å². The van der Waals surface area contributed by atoms with Crippen LogP contribution in [0.4, 0.5) is 5.69 Å². The van der Waals surface area contributed by atoms with Crippen LogP contribution in [0.25, 0.3) is 27.5 Å². The van der Waals surface area contributed by atoms with Crippen molar-refractivity contribution in [3.63, 3.8) is 0 Å². The van der Waals surface area contributed by atoms with Crippen LogP contribution in [0.2, 0.25) is 0 Å². The van der Waals surface area contributed by atoms with E-state index in [-0.39, 0.29) is 10.6 Å². The molecule has 0 saturated carbocycles. The molecule has 7 nitrogen and oxygen atoms in total. The SMILES string of the molecule is Cc1cc([N+](=O)[O-])c2c(c1)c1nnn(Cc3ccccc3)c1c1cccn12. The Hall–Kier alpha value is -3.74. The first-order valence-corrected chi connectivity index (χ1v) is 8.58. The van der Waals surface area contributed by atoms with Gasteiger partial charge in [-0.05, 0) is 36.2 Å². The van der Waals surface area contributed by atoms with Gasteiger partial charge in [0.25, 0.3) is 5.69 Å². The number of benzene rings is 2. The summed E-state index contributed by atoms with van der Waals surface area (Å²) in [5.41, 5.74) is 4.96. The molecule has 0 saturated heterocycles. The fourth-order valence-electron chi connectivity index (χ4n) is 3.72. The quantitative estimate of drug-likeness (QED) is 0.360. The Morgan fingerprint density at radius 1 is 1.07 bits per heavy atom.